The molecule has 0 aromatic heterocycles. The minimum Gasteiger partial charge on any atom is -0.316 e. The van der Waals surface area contributed by atoms with Crippen molar-refractivity contribution in [1.29, 1.82) is 0 Å². The summed E-state index contributed by atoms with van der Waals surface area (Å²) in [4.78, 5) is 0. The van der Waals surface area contributed by atoms with Crippen LogP contribution in [0.25, 0.3) is 0 Å². The van der Waals surface area contributed by atoms with Crippen LogP contribution >= 0.6 is 0 Å². The van der Waals surface area contributed by atoms with Crippen LogP contribution in [-0.4, -0.2) is 13.1 Å². The molecule has 0 fully saturated rings. The average Bonchev–Trinajstić information content (AvgIpc) is 2.23. The van der Waals surface area contributed by atoms with Gasteiger partial charge >= 0.3 is 0 Å². The van der Waals surface area contributed by atoms with Gasteiger partial charge < -0.3 is 5.32 Å². The third-order valence-electron chi connectivity index (χ3n) is 2.88. The number of nitrogens with one attached hydrogen (secondary N) is 1. The smallest absolute Gasteiger partial charge is 0.159 e. The second-order valence-electron chi connectivity index (χ2n) is 3.77. The minimum atomic E-state index is -0.788. The number of halogens is 2. The van der Waals surface area contributed by atoms with Gasteiger partial charge in [0.15, 0.2) is 11.6 Å². The van der Waals surface area contributed by atoms with Crippen LogP contribution in [0.5, 0.6) is 0 Å². The molecule has 15 heavy (non-hydrogen) atoms. The van der Waals surface area contributed by atoms with Crippen LogP contribution in [0.1, 0.15) is 31.7 Å². The SMILES string of the molecule is CCC(NC)C(C)c1ccc(F)c(F)c1. The van der Waals surface area contributed by atoms with Crippen LogP contribution in [0.15, 0.2) is 18.2 Å². The van der Waals surface area contributed by atoms with Crippen LogP contribution in [0.3, 0.4) is 0 Å². The molecule has 0 spiro atoms. The molecule has 2 atom stereocenters. The first-order chi connectivity index (χ1) is 7.10. The van der Waals surface area contributed by atoms with Crippen molar-refractivity contribution in [3.8, 4) is 0 Å². The molecular formula is C12H17F2N. The summed E-state index contributed by atoms with van der Waals surface area (Å²) < 4.78 is 25.8. The Morgan fingerprint density at radius 3 is 2.40 bits per heavy atom. The number of hydrogen-bond donors (Lipinski definition) is 1. The number of likely N-dealkylation sites (N-methyl/N-ethyl adjacent to an activating group) is 1. The van der Waals surface area contributed by atoms with Crippen LogP contribution in [-0.2, 0) is 0 Å². The van der Waals surface area contributed by atoms with Crippen molar-refractivity contribution in [2.24, 2.45) is 0 Å². The molecule has 0 saturated carbocycles. The number of benzene rings is 1. The summed E-state index contributed by atoms with van der Waals surface area (Å²) in [6.45, 7) is 4.08. The van der Waals surface area contributed by atoms with E-state index in [-0.39, 0.29) is 12.0 Å². The van der Waals surface area contributed by atoms with Gasteiger partial charge in [-0.2, -0.15) is 0 Å². The Labute approximate surface area is 89.5 Å². The van der Waals surface area contributed by atoms with Crippen molar-refractivity contribution >= 4 is 0 Å². The van der Waals surface area contributed by atoms with Gasteiger partial charge in [0.05, 0.1) is 0 Å². The van der Waals surface area contributed by atoms with Crippen LogP contribution in [0.2, 0.25) is 0 Å². The quantitative estimate of drug-likeness (QED) is 0.810. The van der Waals surface area contributed by atoms with E-state index in [2.05, 4.69) is 12.2 Å². The van der Waals surface area contributed by atoms with E-state index in [4.69, 9.17) is 0 Å². The summed E-state index contributed by atoms with van der Waals surface area (Å²) in [7, 11) is 1.88. The summed E-state index contributed by atoms with van der Waals surface area (Å²) >= 11 is 0. The lowest BCUT2D eigenvalue weighted by Gasteiger charge is -2.22. The lowest BCUT2D eigenvalue weighted by molar-refractivity contribution is 0.464. The van der Waals surface area contributed by atoms with Gasteiger partial charge in [-0.1, -0.05) is 19.9 Å². The van der Waals surface area contributed by atoms with Crippen molar-refractivity contribution in [3.05, 3.63) is 35.4 Å². The van der Waals surface area contributed by atoms with E-state index >= 15 is 0 Å². The predicted octanol–water partition coefficient (Wildman–Crippen LogP) is 3.07. The Kier molecular flexibility index (Phi) is 4.21. The molecule has 2 unspecified atom stereocenters. The minimum absolute atomic E-state index is 0.176. The van der Waals surface area contributed by atoms with Gasteiger partial charge in [-0.25, -0.2) is 8.78 Å². The Bertz CT molecular complexity index is 321. The molecule has 84 valence electrons. The zero-order valence-electron chi connectivity index (χ0n) is 9.35. The van der Waals surface area contributed by atoms with Crippen LogP contribution in [0.4, 0.5) is 8.78 Å². The monoisotopic (exact) mass is 213 g/mol. The number of hydrogen-bond acceptors (Lipinski definition) is 1. The summed E-state index contributed by atoms with van der Waals surface area (Å²) in [5.74, 6) is -1.39. The first-order valence-corrected chi connectivity index (χ1v) is 5.22. The number of rotatable bonds is 4. The van der Waals surface area contributed by atoms with Crippen LogP contribution < -0.4 is 5.32 Å². The highest BCUT2D eigenvalue weighted by Crippen LogP contribution is 2.22. The summed E-state index contributed by atoms with van der Waals surface area (Å²) in [5, 5.41) is 3.17. The second-order valence-corrected chi connectivity index (χ2v) is 3.77. The molecule has 0 bridgehead atoms. The third kappa shape index (κ3) is 2.75. The molecule has 0 amide bonds. The largest absolute Gasteiger partial charge is 0.316 e. The summed E-state index contributed by atoms with van der Waals surface area (Å²) in [6.07, 6.45) is 0.955. The maximum absolute atomic E-state index is 13.0. The van der Waals surface area contributed by atoms with Gasteiger partial charge in [0.2, 0.25) is 0 Å². The van der Waals surface area contributed by atoms with Crippen LogP contribution in [0, 0.1) is 11.6 Å². The zero-order valence-corrected chi connectivity index (χ0v) is 9.35. The Morgan fingerprint density at radius 2 is 1.93 bits per heavy atom. The molecule has 0 radical (unpaired) electrons. The highest BCUT2D eigenvalue weighted by molar-refractivity contribution is 5.22. The standard InChI is InChI=1S/C12H17F2N/c1-4-12(15-3)8(2)9-5-6-10(13)11(14)7-9/h5-8,12,15H,4H2,1-3H3. The Morgan fingerprint density at radius 1 is 1.27 bits per heavy atom. The fourth-order valence-electron chi connectivity index (χ4n) is 1.84. The topological polar surface area (TPSA) is 12.0 Å². The van der Waals surface area contributed by atoms with Gasteiger partial charge in [0.1, 0.15) is 0 Å². The molecule has 3 heteroatoms. The molecular weight excluding hydrogens is 196 g/mol. The fourth-order valence-corrected chi connectivity index (χ4v) is 1.84. The van der Waals surface area contributed by atoms with E-state index in [0.29, 0.717) is 0 Å². The van der Waals surface area contributed by atoms with Crippen molar-refractivity contribution in [2.75, 3.05) is 7.05 Å². The van der Waals surface area contributed by atoms with Crippen molar-refractivity contribution in [3.63, 3.8) is 0 Å². The van der Waals surface area contributed by atoms with Crippen molar-refractivity contribution in [2.45, 2.75) is 32.2 Å². The van der Waals surface area contributed by atoms with E-state index in [1.165, 1.54) is 12.1 Å². The molecule has 1 nitrogen and oxygen atoms in total. The highest BCUT2D eigenvalue weighted by atomic mass is 19.2. The Hall–Kier alpha value is -0.960. The second kappa shape index (κ2) is 5.21. The summed E-state index contributed by atoms with van der Waals surface area (Å²) in [5.41, 5.74) is 0.829. The maximum Gasteiger partial charge on any atom is 0.159 e. The third-order valence-corrected chi connectivity index (χ3v) is 2.88. The molecule has 0 heterocycles. The predicted molar refractivity (Wildman–Crippen MR) is 57.9 cm³/mol. The first-order valence-electron chi connectivity index (χ1n) is 5.22. The van der Waals surface area contributed by atoms with Gasteiger partial charge in [0.25, 0.3) is 0 Å². The molecule has 0 aliphatic carbocycles. The molecule has 0 aliphatic heterocycles. The van der Waals surface area contributed by atoms with E-state index in [9.17, 15) is 8.78 Å². The average molecular weight is 213 g/mol. The van der Waals surface area contributed by atoms with Crippen molar-refractivity contribution in [1.82, 2.24) is 5.32 Å². The molecule has 0 aliphatic rings. The first kappa shape index (κ1) is 12.1. The Balaban J connectivity index is 2.90. The molecule has 0 saturated heterocycles. The molecule has 1 N–H and O–H groups in total. The normalized spacial score (nSPS) is 15.0. The zero-order chi connectivity index (χ0) is 11.4. The molecule has 1 rings (SSSR count). The maximum atomic E-state index is 13.0. The van der Waals surface area contributed by atoms with Crippen molar-refractivity contribution < 1.29 is 8.78 Å². The molecule has 1 aromatic rings. The lowest BCUT2D eigenvalue weighted by Crippen LogP contribution is -2.29. The lowest BCUT2D eigenvalue weighted by atomic mass is 9.92. The van der Waals surface area contributed by atoms with E-state index in [1.807, 2.05) is 14.0 Å². The summed E-state index contributed by atoms with van der Waals surface area (Å²) in [6, 6.07) is 4.39. The highest BCUT2D eigenvalue weighted by Gasteiger charge is 2.16. The van der Waals surface area contributed by atoms with E-state index in [0.717, 1.165) is 12.0 Å². The van der Waals surface area contributed by atoms with Gasteiger partial charge in [-0.05, 0) is 37.1 Å². The van der Waals surface area contributed by atoms with Gasteiger partial charge in [-0.3, -0.25) is 0 Å². The van der Waals surface area contributed by atoms with Gasteiger partial charge in [-0.15, -0.1) is 0 Å². The molecule has 1 aromatic carbocycles. The van der Waals surface area contributed by atoms with E-state index < -0.39 is 11.6 Å². The van der Waals surface area contributed by atoms with E-state index in [1.54, 1.807) is 6.07 Å². The van der Waals surface area contributed by atoms with Gasteiger partial charge in [0, 0.05) is 6.04 Å². The fraction of sp³-hybridized carbons (Fsp3) is 0.500.